The quantitative estimate of drug-likeness (QED) is 0.265. The molecule has 9 heteroatoms. The Hall–Kier alpha value is -3.59. The summed E-state index contributed by atoms with van der Waals surface area (Å²) < 4.78 is 22.3. The number of carbonyl (C=O) groups is 2. The number of benzene rings is 2. The standard InChI is InChI=1S/C21H15BrN2O6/c22-14-7-8-15(30-21(26)18-6-3-9-27-18)13(10-14)11-23-24-20(25)19-12-28-16-4-1-2-5-17(16)29-19/h1-11,19H,12H2,(H,24,25)/b23-11-/t19-/m1/s1. The van der Waals surface area contributed by atoms with Gasteiger partial charge in [0, 0.05) is 10.0 Å². The second kappa shape index (κ2) is 8.83. The van der Waals surface area contributed by atoms with Crippen molar-refractivity contribution in [3.63, 3.8) is 0 Å². The van der Waals surface area contributed by atoms with Crippen molar-refractivity contribution in [2.75, 3.05) is 6.61 Å². The fraction of sp³-hybridized carbons (Fsp3) is 0.0952. The molecule has 0 bridgehead atoms. The third-order valence-corrected chi connectivity index (χ3v) is 4.57. The number of ether oxygens (including phenoxy) is 3. The number of hydrazone groups is 1. The van der Waals surface area contributed by atoms with Gasteiger partial charge in [-0.3, -0.25) is 4.79 Å². The Balaban J connectivity index is 1.42. The van der Waals surface area contributed by atoms with E-state index in [-0.39, 0.29) is 18.1 Å². The Morgan fingerprint density at radius 1 is 1.13 bits per heavy atom. The molecule has 0 fully saturated rings. The van der Waals surface area contributed by atoms with Gasteiger partial charge in [0.1, 0.15) is 12.4 Å². The topological polar surface area (TPSA) is 99.4 Å². The van der Waals surface area contributed by atoms with E-state index < -0.39 is 18.0 Å². The number of nitrogens with one attached hydrogen (secondary N) is 1. The fourth-order valence-corrected chi connectivity index (χ4v) is 3.02. The molecule has 2 heterocycles. The molecule has 4 rings (SSSR count). The van der Waals surface area contributed by atoms with Crippen LogP contribution in [0.4, 0.5) is 0 Å². The predicted octanol–water partition coefficient (Wildman–Crippen LogP) is 3.55. The van der Waals surface area contributed by atoms with Crippen LogP contribution in [-0.2, 0) is 4.79 Å². The van der Waals surface area contributed by atoms with Gasteiger partial charge in [0.2, 0.25) is 11.9 Å². The zero-order chi connectivity index (χ0) is 20.9. The van der Waals surface area contributed by atoms with Crippen LogP contribution in [0.5, 0.6) is 17.2 Å². The average molecular weight is 471 g/mol. The SMILES string of the molecule is O=C(Oc1ccc(Br)cc1/C=N\NC(=O)[C@H]1COc2ccccc2O1)c1ccco1. The molecule has 1 atom stereocenters. The summed E-state index contributed by atoms with van der Waals surface area (Å²) in [5.74, 6) is 0.291. The van der Waals surface area contributed by atoms with E-state index >= 15 is 0 Å². The van der Waals surface area contributed by atoms with Gasteiger partial charge in [-0.25, -0.2) is 10.2 Å². The van der Waals surface area contributed by atoms with Crippen molar-refractivity contribution >= 4 is 34.0 Å². The van der Waals surface area contributed by atoms with E-state index in [1.165, 1.54) is 18.5 Å². The zero-order valence-corrected chi connectivity index (χ0v) is 17.0. The molecule has 8 nitrogen and oxygen atoms in total. The Morgan fingerprint density at radius 2 is 1.97 bits per heavy atom. The number of hydrogen-bond donors (Lipinski definition) is 1. The summed E-state index contributed by atoms with van der Waals surface area (Å²) in [5, 5.41) is 3.95. The van der Waals surface area contributed by atoms with Gasteiger partial charge < -0.3 is 18.6 Å². The highest BCUT2D eigenvalue weighted by atomic mass is 79.9. The number of nitrogens with zero attached hydrogens (tertiary/aromatic N) is 1. The van der Waals surface area contributed by atoms with E-state index in [0.29, 0.717) is 17.1 Å². The minimum atomic E-state index is -0.837. The number of rotatable bonds is 5. The van der Waals surface area contributed by atoms with Crippen LogP contribution < -0.4 is 19.6 Å². The maximum absolute atomic E-state index is 12.3. The van der Waals surface area contributed by atoms with Crippen LogP contribution in [0.15, 0.2) is 74.9 Å². The van der Waals surface area contributed by atoms with Gasteiger partial charge >= 0.3 is 5.97 Å². The molecule has 1 N–H and O–H groups in total. The smallest absolute Gasteiger partial charge is 0.379 e. The van der Waals surface area contributed by atoms with Crippen LogP contribution in [0.1, 0.15) is 16.1 Å². The first-order valence-corrected chi connectivity index (χ1v) is 9.66. The highest BCUT2D eigenvalue weighted by Crippen LogP contribution is 2.30. The Morgan fingerprint density at radius 3 is 2.77 bits per heavy atom. The van der Waals surface area contributed by atoms with Crippen LogP contribution in [0.25, 0.3) is 0 Å². The third kappa shape index (κ3) is 4.52. The van der Waals surface area contributed by atoms with E-state index in [4.69, 9.17) is 18.6 Å². The zero-order valence-electron chi connectivity index (χ0n) is 15.4. The molecular weight excluding hydrogens is 456 g/mol. The lowest BCUT2D eigenvalue weighted by molar-refractivity contribution is -0.130. The van der Waals surface area contributed by atoms with Crippen LogP contribution in [0.3, 0.4) is 0 Å². The van der Waals surface area contributed by atoms with Crippen molar-refractivity contribution < 1.29 is 28.2 Å². The number of amides is 1. The maximum Gasteiger partial charge on any atom is 0.379 e. The Kier molecular flexibility index (Phi) is 5.80. The summed E-state index contributed by atoms with van der Waals surface area (Å²) in [6.07, 6.45) is 1.91. The highest BCUT2D eigenvalue weighted by Gasteiger charge is 2.27. The van der Waals surface area contributed by atoms with Gasteiger partial charge in [-0.15, -0.1) is 0 Å². The van der Waals surface area contributed by atoms with Crippen molar-refractivity contribution in [2.45, 2.75) is 6.10 Å². The minimum Gasteiger partial charge on any atom is -0.485 e. The lowest BCUT2D eigenvalue weighted by Crippen LogP contribution is -2.42. The molecule has 30 heavy (non-hydrogen) atoms. The normalized spacial score (nSPS) is 15.0. The van der Waals surface area contributed by atoms with Gasteiger partial charge in [-0.1, -0.05) is 28.1 Å². The number of halogens is 1. The summed E-state index contributed by atoms with van der Waals surface area (Å²) in [6, 6.07) is 15.2. The van der Waals surface area contributed by atoms with Gasteiger partial charge in [0.25, 0.3) is 5.91 Å². The molecule has 1 aliphatic rings. The fourth-order valence-electron chi connectivity index (χ4n) is 2.64. The van der Waals surface area contributed by atoms with E-state index in [1.807, 2.05) is 6.07 Å². The minimum absolute atomic E-state index is 0.0707. The van der Waals surface area contributed by atoms with Crippen LogP contribution >= 0.6 is 15.9 Å². The lowest BCUT2D eigenvalue weighted by Gasteiger charge is -2.24. The van der Waals surface area contributed by atoms with E-state index in [1.54, 1.807) is 42.5 Å². The molecule has 0 radical (unpaired) electrons. The molecule has 3 aromatic rings. The van der Waals surface area contributed by atoms with Gasteiger partial charge in [0.05, 0.1) is 12.5 Å². The van der Waals surface area contributed by atoms with Crippen LogP contribution in [-0.4, -0.2) is 30.8 Å². The summed E-state index contributed by atoms with van der Waals surface area (Å²) in [6.45, 7) is 0.0707. The number of esters is 1. The number of furan rings is 1. The molecule has 152 valence electrons. The number of para-hydroxylation sites is 2. The second-order valence-electron chi connectivity index (χ2n) is 6.15. The van der Waals surface area contributed by atoms with Gasteiger partial charge in [-0.2, -0.15) is 5.10 Å². The van der Waals surface area contributed by atoms with Gasteiger partial charge in [-0.05, 0) is 42.5 Å². The van der Waals surface area contributed by atoms with Crippen molar-refractivity contribution in [3.05, 3.63) is 76.7 Å². The van der Waals surface area contributed by atoms with Crippen molar-refractivity contribution in [3.8, 4) is 17.2 Å². The number of fused-ring (bicyclic) bond motifs is 1. The van der Waals surface area contributed by atoms with E-state index in [9.17, 15) is 9.59 Å². The Bertz CT molecular complexity index is 1100. The predicted molar refractivity (Wildman–Crippen MR) is 110 cm³/mol. The molecule has 0 saturated heterocycles. The van der Waals surface area contributed by atoms with Crippen molar-refractivity contribution in [1.82, 2.24) is 5.43 Å². The number of hydrogen-bond acceptors (Lipinski definition) is 7. The molecule has 1 aromatic heterocycles. The largest absolute Gasteiger partial charge is 0.485 e. The van der Waals surface area contributed by atoms with Crippen LogP contribution in [0, 0.1) is 0 Å². The molecule has 1 amide bonds. The van der Waals surface area contributed by atoms with Gasteiger partial charge in [0.15, 0.2) is 11.5 Å². The molecule has 0 saturated carbocycles. The second-order valence-corrected chi connectivity index (χ2v) is 7.06. The maximum atomic E-state index is 12.3. The molecular formula is C21H15BrN2O6. The third-order valence-electron chi connectivity index (χ3n) is 4.08. The molecule has 0 aliphatic carbocycles. The average Bonchev–Trinajstić information content (AvgIpc) is 3.30. The van der Waals surface area contributed by atoms with E-state index in [2.05, 4.69) is 26.5 Å². The summed E-state index contributed by atoms with van der Waals surface area (Å²) in [5.41, 5.74) is 2.88. The summed E-state index contributed by atoms with van der Waals surface area (Å²) in [7, 11) is 0. The molecule has 0 unspecified atom stereocenters. The van der Waals surface area contributed by atoms with Crippen molar-refractivity contribution in [1.29, 1.82) is 0 Å². The first-order chi connectivity index (χ1) is 14.6. The lowest BCUT2D eigenvalue weighted by atomic mass is 10.2. The monoisotopic (exact) mass is 470 g/mol. The van der Waals surface area contributed by atoms with Crippen molar-refractivity contribution in [2.24, 2.45) is 5.10 Å². The van der Waals surface area contributed by atoms with Crippen LogP contribution in [0.2, 0.25) is 0 Å². The number of carbonyl (C=O) groups excluding carboxylic acids is 2. The summed E-state index contributed by atoms with van der Waals surface area (Å²) in [4.78, 5) is 24.5. The Labute approximate surface area is 179 Å². The summed E-state index contributed by atoms with van der Waals surface area (Å²) >= 11 is 3.36. The molecule has 2 aromatic carbocycles. The molecule has 1 aliphatic heterocycles. The highest BCUT2D eigenvalue weighted by molar-refractivity contribution is 9.10. The molecule has 0 spiro atoms. The first kappa shape index (κ1) is 19.7. The first-order valence-electron chi connectivity index (χ1n) is 8.87. The van der Waals surface area contributed by atoms with E-state index in [0.717, 1.165) is 4.47 Å².